The summed E-state index contributed by atoms with van der Waals surface area (Å²) in [4.78, 5) is 29.2. The lowest BCUT2D eigenvalue weighted by molar-refractivity contribution is 0.0581. The summed E-state index contributed by atoms with van der Waals surface area (Å²) in [5, 5.41) is 3.00. The van der Waals surface area contributed by atoms with Crippen LogP contribution in [0.3, 0.4) is 0 Å². The van der Waals surface area contributed by atoms with E-state index >= 15 is 0 Å². The SMILES string of the molecule is CCCCNC(=O)N1CCC2(CC1)SCCN2C(=O)c1cccc(C)c1. The molecule has 2 fully saturated rings. The Morgan fingerprint density at radius 3 is 2.69 bits per heavy atom. The second kappa shape index (κ2) is 8.33. The van der Waals surface area contributed by atoms with Gasteiger partial charge in [0, 0.05) is 37.5 Å². The fourth-order valence-electron chi connectivity index (χ4n) is 3.79. The first-order valence-electron chi connectivity index (χ1n) is 9.61. The maximum absolute atomic E-state index is 13.1. The predicted octanol–water partition coefficient (Wildman–Crippen LogP) is 3.49. The van der Waals surface area contributed by atoms with Gasteiger partial charge in [0.15, 0.2) is 0 Å². The van der Waals surface area contributed by atoms with Crippen molar-refractivity contribution in [1.29, 1.82) is 0 Å². The summed E-state index contributed by atoms with van der Waals surface area (Å²) >= 11 is 1.88. The molecular formula is C20H29N3O2S. The van der Waals surface area contributed by atoms with E-state index in [1.165, 1.54) is 0 Å². The number of unbranched alkanes of at least 4 members (excludes halogenated alkanes) is 1. The third-order valence-electron chi connectivity index (χ3n) is 5.33. The number of nitrogens with zero attached hydrogens (tertiary/aromatic N) is 2. The number of thioether (sulfide) groups is 1. The normalized spacial score (nSPS) is 19.0. The van der Waals surface area contributed by atoms with Crippen molar-refractivity contribution in [3.8, 4) is 0 Å². The van der Waals surface area contributed by atoms with Crippen molar-refractivity contribution >= 4 is 23.7 Å². The zero-order chi connectivity index (χ0) is 18.6. The second-order valence-electron chi connectivity index (χ2n) is 7.19. The Balaban J connectivity index is 1.63. The largest absolute Gasteiger partial charge is 0.338 e. The molecule has 1 aromatic carbocycles. The average Bonchev–Trinajstić information content (AvgIpc) is 3.05. The molecule has 26 heavy (non-hydrogen) atoms. The number of urea groups is 1. The van der Waals surface area contributed by atoms with E-state index in [-0.39, 0.29) is 16.8 Å². The van der Waals surface area contributed by atoms with Crippen LogP contribution < -0.4 is 5.32 Å². The van der Waals surface area contributed by atoms with Crippen LogP contribution >= 0.6 is 11.8 Å². The van der Waals surface area contributed by atoms with Crippen LogP contribution in [0.1, 0.15) is 48.5 Å². The highest BCUT2D eigenvalue weighted by atomic mass is 32.2. The van der Waals surface area contributed by atoms with Crippen molar-refractivity contribution in [3.63, 3.8) is 0 Å². The van der Waals surface area contributed by atoms with Crippen molar-refractivity contribution in [2.24, 2.45) is 0 Å². The van der Waals surface area contributed by atoms with Gasteiger partial charge in [0.25, 0.3) is 5.91 Å². The number of piperidine rings is 1. The molecule has 2 aliphatic heterocycles. The summed E-state index contributed by atoms with van der Waals surface area (Å²) in [6, 6.07) is 7.87. The molecule has 3 amide bonds. The topological polar surface area (TPSA) is 52.7 Å². The average molecular weight is 376 g/mol. The van der Waals surface area contributed by atoms with Gasteiger partial charge in [0.05, 0.1) is 4.87 Å². The molecule has 2 aliphatic rings. The molecule has 2 heterocycles. The Morgan fingerprint density at radius 1 is 1.23 bits per heavy atom. The minimum Gasteiger partial charge on any atom is -0.338 e. The molecule has 6 heteroatoms. The highest BCUT2D eigenvalue weighted by molar-refractivity contribution is 8.00. The van der Waals surface area contributed by atoms with Gasteiger partial charge in [0.2, 0.25) is 0 Å². The lowest BCUT2D eigenvalue weighted by atomic mass is 10.0. The number of amides is 3. The molecule has 1 aromatic rings. The number of hydrogen-bond acceptors (Lipinski definition) is 3. The number of hydrogen-bond donors (Lipinski definition) is 1. The molecule has 5 nitrogen and oxygen atoms in total. The molecule has 0 unspecified atom stereocenters. The lowest BCUT2D eigenvalue weighted by Gasteiger charge is -2.44. The molecule has 1 N–H and O–H groups in total. The lowest BCUT2D eigenvalue weighted by Crippen LogP contribution is -2.55. The number of aryl methyl sites for hydroxylation is 1. The Kier molecular flexibility index (Phi) is 6.12. The van der Waals surface area contributed by atoms with E-state index in [0.29, 0.717) is 13.1 Å². The maximum Gasteiger partial charge on any atom is 0.317 e. The van der Waals surface area contributed by atoms with E-state index < -0.39 is 0 Å². The summed E-state index contributed by atoms with van der Waals surface area (Å²) in [6.07, 6.45) is 3.78. The van der Waals surface area contributed by atoms with E-state index in [2.05, 4.69) is 17.1 Å². The zero-order valence-electron chi connectivity index (χ0n) is 15.8. The third kappa shape index (κ3) is 4.00. The predicted molar refractivity (Wildman–Crippen MR) is 107 cm³/mol. The van der Waals surface area contributed by atoms with Gasteiger partial charge < -0.3 is 15.1 Å². The van der Waals surface area contributed by atoms with Crippen LogP contribution in [0.25, 0.3) is 0 Å². The van der Waals surface area contributed by atoms with Crippen molar-refractivity contribution in [1.82, 2.24) is 15.1 Å². The zero-order valence-corrected chi connectivity index (χ0v) is 16.6. The molecule has 0 saturated carbocycles. The number of carbonyl (C=O) groups is 2. The van der Waals surface area contributed by atoms with Gasteiger partial charge >= 0.3 is 6.03 Å². The first-order chi connectivity index (χ1) is 12.6. The van der Waals surface area contributed by atoms with Crippen molar-refractivity contribution < 1.29 is 9.59 Å². The standard InChI is InChI=1S/C20H29N3O2S/c1-3-4-10-21-19(25)22-11-8-20(9-12-22)23(13-14-26-20)18(24)17-7-5-6-16(2)15-17/h5-7,15H,3-4,8-14H2,1-2H3,(H,21,25). The quantitative estimate of drug-likeness (QED) is 0.820. The molecular weight excluding hydrogens is 346 g/mol. The van der Waals surface area contributed by atoms with E-state index in [0.717, 1.165) is 55.7 Å². The van der Waals surface area contributed by atoms with Crippen LogP contribution in [-0.4, -0.2) is 58.5 Å². The van der Waals surface area contributed by atoms with Crippen LogP contribution in [0, 0.1) is 6.92 Å². The van der Waals surface area contributed by atoms with Crippen LogP contribution in [-0.2, 0) is 0 Å². The summed E-state index contributed by atoms with van der Waals surface area (Å²) in [5.41, 5.74) is 1.88. The Bertz CT molecular complexity index is 656. The van der Waals surface area contributed by atoms with E-state index in [4.69, 9.17) is 0 Å². The molecule has 3 rings (SSSR count). The van der Waals surface area contributed by atoms with Crippen molar-refractivity contribution in [2.45, 2.75) is 44.4 Å². The second-order valence-corrected chi connectivity index (χ2v) is 8.65. The molecule has 0 radical (unpaired) electrons. The first-order valence-corrected chi connectivity index (χ1v) is 10.6. The highest BCUT2D eigenvalue weighted by Crippen LogP contribution is 2.44. The monoisotopic (exact) mass is 375 g/mol. The fraction of sp³-hybridized carbons (Fsp3) is 0.600. The third-order valence-corrected chi connectivity index (χ3v) is 6.88. The molecule has 0 aromatic heterocycles. The van der Waals surface area contributed by atoms with Crippen LogP contribution in [0.15, 0.2) is 24.3 Å². The Labute approximate surface area is 160 Å². The molecule has 0 aliphatic carbocycles. The van der Waals surface area contributed by atoms with Gasteiger partial charge in [-0.15, -0.1) is 11.8 Å². The van der Waals surface area contributed by atoms with Gasteiger partial charge in [-0.3, -0.25) is 4.79 Å². The molecule has 1 spiro atoms. The number of carbonyl (C=O) groups excluding carboxylic acids is 2. The van der Waals surface area contributed by atoms with Crippen LogP contribution in [0.4, 0.5) is 4.79 Å². The number of benzene rings is 1. The minimum atomic E-state index is -0.152. The number of nitrogens with one attached hydrogen (secondary N) is 1. The molecule has 0 bridgehead atoms. The Morgan fingerprint density at radius 2 is 2.00 bits per heavy atom. The summed E-state index contributed by atoms with van der Waals surface area (Å²) < 4.78 is 0. The smallest absolute Gasteiger partial charge is 0.317 e. The van der Waals surface area contributed by atoms with Crippen molar-refractivity contribution in [2.75, 3.05) is 31.9 Å². The highest BCUT2D eigenvalue weighted by Gasteiger charge is 2.47. The van der Waals surface area contributed by atoms with Gasteiger partial charge in [-0.1, -0.05) is 31.0 Å². The molecule has 0 atom stereocenters. The fourth-order valence-corrected chi connectivity index (χ4v) is 5.24. The summed E-state index contributed by atoms with van der Waals surface area (Å²) in [5.74, 6) is 1.10. The van der Waals surface area contributed by atoms with Gasteiger partial charge in [-0.25, -0.2) is 4.79 Å². The van der Waals surface area contributed by atoms with Crippen molar-refractivity contribution in [3.05, 3.63) is 35.4 Å². The van der Waals surface area contributed by atoms with Crippen LogP contribution in [0.5, 0.6) is 0 Å². The van der Waals surface area contributed by atoms with E-state index in [1.807, 2.05) is 47.9 Å². The van der Waals surface area contributed by atoms with Gasteiger partial charge in [0.1, 0.15) is 0 Å². The summed E-state index contributed by atoms with van der Waals surface area (Å²) in [7, 11) is 0. The summed E-state index contributed by atoms with van der Waals surface area (Å²) in [6.45, 7) is 7.09. The number of rotatable bonds is 4. The van der Waals surface area contributed by atoms with Crippen LogP contribution in [0.2, 0.25) is 0 Å². The van der Waals surface area contributed by atoms with E-state index in [9.17, 15) is 9.59 Å². The molecule has 2 saturated heterocycles. The number of likely N-dealkylation sites (tertiary alicyclic amines) is 1. The van der Waals surface area contributed by atoms with Gasteiger partial charge in [-0.2, -0.15) is 0 Å². The van der Waals surface area contributed by atoms with Gasteiger partial charge in [-0.05, 0) is 38.3 Å². The Hall–Kier alpha value is -1.69. The molecule has 142 valence electrons. The maximum atomic E-state index is 13.1. The van der Waals surface area contributed by atoms with E-state index in [1.54, 1.807) is 0 Å². The first kappa shape index (κ1) is 19.1. The minimum absolute atomic E-state index is 0.0351.